The van der Waals surface area contributed by atoms with Crippen LogP contribution in [0.5, 0.6) is 5.75 Å². The molecule has 1 N–H and O–H groups in total. The molecule has 22 heavy (non-hydrogen) atoms. The monoisotopic (exact) mass is 298 g/mol. The molecule has 0 fully saturated rings. The van der Waals surface area contributed by atoms with Crippen LogP contribution in [0.15, 0.2) is 54.6 Å². The van der Waals surface area contributed by atoms with Crippen LogP contribution >= 0.6 is 0 Å². The van der Waals surface area contributed by atoms with E-state index in [1.165, 1.54) is 31.2 Å². The van der Waals surface area contributed by atoms with Crippen molar-refractivity contribution in [2.75, 3.05) is 13.2 Å². The van der Waals surface area contributed by atoms with Gasteiger partial charge in [0.1, 0.15) is 5.75 Å². The number of aliphatic hydroxyl groups is 1. The van der Waals surface area contributed by atoms with Crippen molar-refractivity contribution in [3.8, 4) is 5.75 Å². The molecule has 0 aliphatic carbocycles. The molecule has 0 heterocycles. The van der Waals surface area contributed by atoms with Crippen LogP contribution in [0.25, 0.3) is 0 Å². The first-order valence-electron chi connectivity index (χ1n) is 8.25. The number of ether oxygens (including phenoxy) is 1. The molecule has 0 atom stereocenters. The van der Waals surface area contributed by atoms with Gasteiger partial charge in [-0.1, -0.05) is 55.3 Å². The van der Waals surface area contributed by atoms with Crippen molar-refractivity contribution in [2.24, 2.45) is 0 Å². The highest BCUT2D eigenvalue weighted by atomic mass is 16.5. The average molecular weight is 298 g/mol. The zero-order valence-electron chi connectivity index (χ0n) is 13.2. The Bertz CT molecular complexity index is 505. The van der Waals surface area contributed by atoms with Gasteiger partial charge in [-0.25, -0.2) is 0 Å². The fourth-order valence-electron chi connectivity index (χ4n) is 2.50. The maximum atomic E-state index is 8.87. The van der Waals surface area contributed by atoms with Crippen molar-refractivity contribution in [2.45, 2.75) is 38.5 Å². The summed E-state index contributed by atoms with van der Waals surface area (Å²) in [4.78, 5) is 0. The number of aryl methyl sites for hydroxylation is 1. The summed E-state index contributed by atoms with van der Waals surface area (Å²) >= 11 is 0. The fourth-order valence-corrected chi connectivity index (χ4v) is 2.50. The Morgan fingerprint density at radius 2 is 1.36 bits per heavy atom. The van der Waals surface area contributed by atoms with Crippen molar-refractivity contribution in [3.63, 3.8) is 0 Å². The number of benzene rings is 2. The van der Waals surface area contributed by atoms with Crippen LogP contribution < -0.4 is 4.74 Å². The van der Waals surface area contributed by atoms with E-state index in [0.717, 1.165) is 24.3 Å². The Balaban J connectivity index is 1.52. The lowest BCUT2D eigenvalue weighted by molar-refractivity contribution is 0.298. The molecule has 0 saturated carbocycles. The molecule has 0 aliphatic heterocycles. The predicted molar refractivity (Wildman–Crippen MR) is 91.3 cm³/mol. The second kappa shape index (κ2) is 10.0. The standard InChI is InChI=1S/C20H26O2/c21-16-15-19-11-13-20(14-12-19)22-17-7-2-1-4-8-18-9-5-3-6-10-18/h3,5-6,9-14,21H,1-2,4,7-8,15-17H2. The Hall–Kier alpha value is -1.80. The molecular weight excluding hydrogens is 272 g/mol. The SMILES string of the molecule is OCCc1ccc(OCCCCCCc2ccccc2)cc1. The Morgan fingerprint density at radius 1 is 0.682 bits per heavy atom. The molecule has 2 aromatic rings. The number of hydrogen-bond acceptors (Lipinski definition) is 2. The van der Waals surface area contributed by atoms with E-state index in [2.05, 4.69) is 30.3 Å². The van der Waals surface area contributed by atoms with Gasteiger partial charge >= 0.3 is 0 Å². The van der Waals surface area contributed by atoms with E-state index in [-0.39, 0.29) is 6.61 Å². The lowest BCUT2D eigenvalue weighted by Gasteiger charge is -2.07. The van der Waals surface area contributed by atoms with Gasteiger partial charge in [-0.05, 0) is 48.9 Å². The molecule has 0 aromatic heterocycles. The Kier molecular flexibility index (Phi) is 7.54. The van der Waals surface area contributed by atoms with E-state index in [4.69, 9.17) is 9.84 Å². The summed E-state index contributed by atoms with van der Waals surface area (Å²) in [7, 11) is 0. The highest BCUT2D eigenvalue weighted by Gasteiger charge is 1.97. The highest BCUT2D eigenvalue weighted by molar-refractivity contribution is 5.27. The van der Waals surface area contributed by atoms with E-state index < -0.39 is 0 Å². The van der Waals surface area contributed by atoms with Gasteiger partial charge in [-0.2, -0.15) is 0 Å². The quantitative estimate of drug-likeness (QED) is 0.659. The van der Waals surface area contributed by atoms with Gasteiger partial charge in [0.2, 0.25) is 0 Å². The van der Waals surface area contributed by atoms with Gasteiger partial charge in [0.25, 0.3) is 0 Å². The Morgan fingerprint density at radius 3 is 2.09 bits per heavy atom. The molecule has 2 aromatic carbocycles. The molecule has 0 bridgehead atoms. The zero-order valence-corrected chi connectivity index (χ0v) is 13.2. The van der Waals surface area contributed by atoms with Crippen LogP contribution in [0.3, 0.4) is 0 Å². The van der Waals surface area contributed by atoms with Crippen LogP contribution in [0.4, 0.5) is 0 Å². The summed E-state index contributed by atoms with van der Waals surface area (Å²) in [5.41, 5.74) is 2.58. The first-order valence-corrected chi connectivity index (χ1v) is 8.25. The third kappa shape index (κ3) is 6.31. The lowest BCUT2D eigenvalue weighted by atomic mass is 10.1. The summed E-state index contributed by atoms with van der Waals surface area (Å²) in [6.45, 7) is 0.980. The van der Waals surface area contributed by atoms with Gasteiger partial charge in [0.15, 0.2) is 0 Å². The molecule has 2 rings (SSSR count). The summed E-state index contributed by atoms with van der Waals surface area (Å²) in [6, 6.07) is 18.7. The molecule has 0 radical (unpaired) electrons. The number of unbranched alkanes of at least 4 members (excludes halogenated alkanes) is 3. The van der Waals surface area contributed by atoms with Crippen molar-refractivity contribution in [1.82, 2.24) is 0 Å². The van der Waals surface area contributed by atoms with E-state index in [0.29, 0.717) is 6.42 Å². The van der Waals surface area contributed by atoms with Gasteiger partial charge < -0.3 is 9.84 Å². The van der Waals surface area contributed by atoms with E-state index in [1.807, 2.05) is 24.3 Å². The van der Waals surface area contributed by atoms with Crippen LogP contribution in [-0.2, 0) is 12.8 Å². The topological polar surface area (TPSA) is 29.5 Å². The highest BCUT2D eigenvalue weighted by Crippen LogP contribution is 2.13. The van der Waals surface area contributed by atoms with Crippen molar-refractivity contribution >= 4 is 0 Å². The van der Waals surface area contributed by atoms with Crippen molar-refractivity contribution in [3.05, 3.63) is 65.7 Å². The van der Waals surface area contributed by atoms with Gasteiger partial charge in [-0.15, -0.1) is 0 Å². The molecular formula is C20H26O2. The summed E-state index contributed by atoms with van der Waals surface area (Å²) in [6.07, 6.45) is 6.71. The van der Waals surface area contributed by atoms with Crippen LogP contribution in [0, 0.1) is 0 Å². The van der Waals surface area contributed by atoms with Crippen molar-refractivity contribution in [1.29, 1.82) is 0 Å². The van der Waals surface area contributed by atoms with Gasteiger partial charge in [0.05, 0.1) is 6.61 Å². The third-order valence-electron chi connectivity index (χ3n) is 3.80. The first-order chi connectivity index (χ1) is 10.9. The summed E-state index contributed by atoms with van der Waals surface area (Å²) in [5, 5.41) is 8.87. The first kappa shape index (κ1) is 16.6. The molecule has 118 valence electrons. The largest absolute Gasteiger partial charge is 0.494 e. The second-order valence-electron chi connectivity index (χ2n) is 5.62. The van der Waals surface area contributed by atoms with Crippen LogP contribution in [0.2, 0.25) is 0 Å². The van der Waals surface area contributed by atoms with Gasteiger partial charge in [0, 0.05) is 6.61 Å². The summed E-state index contributed by atoms with van der Waals surface area (Å²) in [5.74, 6) is 0.922. The van der Waals surface area contributed by atoms with Crippen molar-refractivity contribution < 1.29 is 9.84 Å². The predicted octanol–water partition coefficient (Wildman–Crippen LogP) is 4.40. The van der Waals surface area contributed by atoms with E-state index in [9.17, 15) is 0 Å². The van der Waals surface area contributed by atoms with E-state index >= 15 is 0 Å². The molecule has 0 spiro atoms. The normalized spacial score (nSPS) is 10.6. The minimum Gasteiger partial charge on any atom is -0.494 e. The molecule has 0 amide bonds. The van der Waals surface area contributed by atoms with Crippen LogP contribution in [0.1, 0.15) is 36.8 Å². The molecule has 2 heteroatoms. The maximum absolute atomic E-state index is 8.87. The number of rotatable bonds is 10. The minimum atomic E-state index is 0.198. The Labute approximate surface area is 133 Å². The molecule has 2 nitrogen and oxygen atoms in total. The average Bonchev–Trinajstić information content (AvgIpc) is 2.57. The molecule has 0 unspecified atom stereocenters. The zero-order chi connectivity index (χ0) is 15.5. The van der Waals surface area contributed by atoms with E-state index in [1.54, 1.807) is 0 Å². The van der Waals surface area contributed by atoms with Crippen LogP contribution in [-0.4, -0.2) is 18.3 Å². The fraction of sp³-hybridized carbons (Fsp3) is 0.400. The summed E-state index contributed by atoms with van der Waals surface area (Å²) < 4.78 is 5.74. The second-order valence-corrected chi connectivity index (χ2v) is 5.62. The molecule has 0 aliphatic rings. The van der Waals surface area contributed by atoms with Gasteiger partial charge in [-0.3, -0.25) is 0 Å². The smallest absolute Gasteiger partial charge is 0.119 e. The number of aliphatic hydroxyl groups excluding tert-OH is 1. The molecule has 0 saturated heterocycles. The lowest BCUT2D eigenvalue weighted by Crippen LogP contribution is -1.98. The maximum Gasteiger partial charge on any atom is 0.119 e. The number of hydrogen-bond donors (Lipinski definition) is 1. The minimum absolute atomic E-state index is 0.198. The third-order valence-corrected chi connectivity index (χ3v) is 3.80.